The third kappa shape index (κ3) is 3.85. The van der Waals surface area contributed by atoms with Crippen LogP contribution < -0.4 is 5.32 Å². The van der Waals surface area contributed by atoms with Crippen LogP contribution in [-0.4, -0.2) is 15.3 Å². The normalized spacial score (nSPS) is 9.77. The maximum Gasteiger partial charge on any atom is 0.320 e. The van der Waals surface area contributed by atoms with E-state index >= 15 is 0 Å². The van der Waals surface area contributed by atoms with Crippen LogP contribution >= 0.6 is 0 Å². The maximum atomic E-state index is 9.22. The number of aromatic nitrogens is 2. The van der Waals surface area contributed by atoms with E-state index in [-0.39, 0.29) is 5.75 Å². The SMILES string of the molecule is CC.Cc1ccc(-c2nnc(Nc3ccc(O)cc3)o2)cc1. The van der Waals surface area contributed by atoms with Gasteiger partial charge in [0.05, 0.1) is 0 Å². The number of benzene rings is 2. The van der Waals surface area contributed by atoms with E-state index in [0.717, 1.165) is 11.3 Å². The van der Waals surface area contributed by atoms with Gasteiger partial charge in [-0.05, 0) is 43.3 Å². The smallest absolute Gasteiger partial charge is 0.320 e. The summed E-state index contributed by atoms with van der Waals surface area (Å²) in [4.78, 5) is 0. The van der Waals surface area contributed by atoms with Crippen molar-refractivity contribution in [3.8, 4) is 17.2 Å². The Morgan fingerprint density at radius 1 is 0.909 bits per heavy atom. The van der Waals surface area contributed by atoms with Crippen molar-refractivity contribution in [2.24, 2.45) is 0 Å². The Bertz CT molecular complexity index is 704. The lowest BCUT2D eigenvalue weighted by atomic mass is 10.1. The summed E-state index contributed by atoms with van der Waals surface area (Å²) >= 11 is 0. The van der Waals surface area contributed by atoms with Crippen molar-refractivity contribution in [1.29, 1.82) is 0 Å². The van der Waals surface area contributed by atoms with Gasteiger partial charge >= 0.3 is 6.01 Å². The Balaban J connectivity index is 0.000000847. The van der Waals surface area contributed by atoms with Gasteiger partial charge in [0.1, 0.15) is 5.75 Å². The van der Waals surface area contributed by atoms with Gasteiger partial charge in [0.15, 0.2) is 0 Å². The van der Waals surface area contributed by atoms with E-state index in [9.17, 15) is 5.11 Å². The number of rotatable bonds is 3. The highest BCUT2D eigenvalue weighted by Gasteiger charge is 2.08. The minimum Gasteiger partial charge on any atom is -0.508 e. The maximum absolute atomic E-state index is 9.22. The number of phenolic OH excluding ortho intramolecular Hbond substituents is 1. The van der Waals surface area contributed by atoms with Crippen LogP contribution in [0.3, 0.4) is 0 Å². The summed E-state index contributed by atoms with van der Waals surface area (Å²) in [5.41, 5.74) is 2.82. The number of phenols is 1. The van der Waals surface area contributed by atoms with Gasteiger partial charge in [-0.3, -0.25) is 0 Å². The van der Waals surface area contributed by atoms with Crippen LogP contribution in [0.1, 0.15) is 19.4 Å². The van der Waals surface area contributed by atoms with Gasteiger partial charge in [-0.2, -0.15) is 0 Å². The first-order valence-corrected chi connectivity index (χ1v) is 7.17. The van der Waals surface area contributed by atoms with Gasteiger partial charge in [-0.1, -0.05) is 36.6 Å². The van der Waals surface area contributed by atoms with Crippen molar-refractivity contribution in [3.63, 3.8) is 0 Å². The molecule has 0 fully saturated rings. The van der Waals surface area contributed by atoms with Gasteiger partial charge in [-0.15, -0.1) is 5.10 Å². The standard InChI is InChI=1S/C15H13N3O2.C2H6/c1-10-2-4-11(5-3-10)14-17-18-15(20-14)16-12-6-8-13(19)9-7-12;1-2/h2-9,19H,1H3,(H,16,18);1-2H3. The molecule has 5 heteroatoms. The summed E-state index contributed by atoms with van der Waals surface area (Å²) in [5, 5.41) is 20.1. The fourth-order valence-corrected chi connectivity index (χ4v) is 1.75. The van der Waals surface area contributed by atoms with Crippen LogP contribution in [0.15, 0.2) is 52.9 Å². The van der Waals surface area contributed by atoms with E-state index in [2.05, 4.69) is 15.5 Å². The van der Waals surface area contributed by atoms with Crippen LogP contribution in [0, 0.1) is 6.92 Å². The van der Waals surface area contributed by atoms with Gasteiger partial charge in [0.25, 0.3) is 0 Å². The number of aromatic hydroxyl groups is 1. The number of hydrogen-bond acceptors (Lipinski definition) is 5. The number of hydrogen-bond donors (Lipinski definition) is 2. The van der Waals surface area contributed by atoms with Crippen molar-refractivity contribution in [2.75, 3.05) is 5.32 Å². The van der Waals surface area contributed by atoms with Crippen LogP contribution in [0.2, 0.25) is 0 Å². The highest BCUT2D eigenvalue weighted by Crippen LogP contribution is 2.23. The summed E-state index contributed by atoms with van der Waals surface area (Å²) < 4.78 is 5.55. The molecule has 0 saturated carbocycles. The Labute approximate surface area is 129 Å². The number of nitrogens with one attached hydrogen (secondary N) is 1. The van der Waals surface area contributed by atoms with Crippen LogP contribution in [0.4, 0.5) is 11.7 Å². The molecule has 0 amide bonds. The van der Waals surface area contributed by atoms with Gasteiger partial charge < -0.3 is 14.8 Å². The second-order valence-corrected chi connectivity index (χ2v) is 4.45. The Morgan fingerprint density at radius 3 is 2.18 bits per heavy atom. The zero-order valence-electron chi connectivity index (χ0n) is 12.9. The first-order chi connectivity index (χ1) is 10.7. The zero-order chi connectivity index (χ0) is 15.9. The van der Waals surface area contributed by atoms with Gasteiger partial charge in [0, 0.05) is 11.3 Å². The second kappa shape index (κ2) is 7.26. The fraction of sp³-hybridized carbons (Fsp3) is 0.176. The highest BCUT2D eigenvalue weighted by molar-refractivity contribution is 5.57. The third-order valence-electron chi connectivity index (χ3n) is 2.84. The Morgan fingerprint density at radius 2 is 1.55 bits per heavy atom. The van der Waals surface area contributed by atoms with Crippen molar-refractivity contribution in [1.82, 2.24) is 10.2 Å². The lowest BCUT2D eigenvalue weighted by Gasteiger charge is -2.00. The molecule has 0 radical (unpaired) electrons. The molecule has 2 N–H and O–H groups in total. The molecule has 114 valence electrons. The quantitative estimate of drug-likeness (QED) is 0.695. The molecule has 0 saturated heterocycles. The number of anilines is 2. The highest BCUT2D eigenvalue weighted by atomic mass is 16.4. The molecule has 0 unspecified atom stereocenters. The van der Waals surface area contributed by atoms with E-state index in [4.69, 9.17) is 4.42 Å². The first-order valence-electron chi connectivity index (χ1n) is 7.17. The van der Waals surface area contributed by atoms with E-state index in [1.54, 1.807) is 24.3 Å². The molecule has 0 aliphatic heterocycles. The van der Waals surface area contributed by atoms with Crippen LogP contribution in [0.25, 0.3) is 11.5 Å². The van der Waals surface area contributed by atoms with E-state index in [1.807, 2.05) is 45.0 Å². The van der Waals surface area contributed by atoms with Crippen molar-refractivity contribution in [2.45, 2.75) is 20.8 Å². The van der Waals surface area contributed by atoms with Crippen LogP contribution in [-0.2, 0) is 0 Å². The monoisotopic (exact) mass is 297 g/mol. The Kier molecular flexibility index (Phi) is 5.14. The molecule has 3 aromatic rings. The van der Waals surface area contributed by atoms with Gasteiger partial charge in [-0.25, -0.2) is 0 Å². The lowest BCUT2D eigenvalue weighted by Crippen LogP contribution is -1.89. The minimum absolute atomic E-state index is 0.210. The molecule has 1 aromatic heterocycles. The molecule has 22 heavy (non-hydrogen) atoms. The molecule has 0 atom stereocenters. The average molecular weight is 297 g/mol. The fourth-order valence-electron chi connectivity index (χ4n) is 1.75. The van der Waals surface area contributed by atoms with Crippen molar-refractivity contribution < 1.29 is 9.52 Å². The van der Waals surface area contributed by atoms with Crippen LogP contribution in [0.5, 0.6) is 5.75 Å². The first kappa shape index (κ1) is 15.6. The summed E-state index contributed by atoms with van der Waals surface area (Å²) in [5.74, 6) is 0.674. The minimum atomic E-state index is 0.210. The number of aryl methyl sites for hydroxylation is 1. The predicted molar refractivity (Wildman–Crippen MR) is 87.2 cm³/mol. The molecule has 5 nitrogen and oxygen atoms in total. The lowest BCUT2D eigenvalue weighted by molar-refractivity contribution is 0.475. The largest absolute Gasteiger partial charge is 0.508 e. The van der Waals surface area contributed by atoms with Crippen molar-refractivity contribution in [3.05, 3.63) is 54.1 Å². The summed E-state index contributed by atoms with van der Waals surface area (Å²) in [6.07, 6.45) is 0. The molecule has 0 aliphatic carbocycles. The third-order valence-corrected chi connectivity index (χ3v) is 2.84. The zero-order valence-corrected chi connectivity index (χ0v) is 12.9. The molecule has 0 aliphatic rings. The molecule has 0 bridgehead atoms. The number of nitrogens with zero attached hydrogens (tertiary/aromatic N) is 2. The molecule has 1 heterocycles. The Hall–Kier alpha value is -2.82. The average Bonchev–Trinajstić information content (AvgIpc) is 3.01. The van der Waals surface area contributed by atoms with Gasteiger partial charge in [0.2, 0.25) is 5.89 Å². The molecular weight excluding hydrogens is 278 g/mol. The molecular formula is C17H19N3O2. The van der Waals surface area contributed by atoms with E-state index < -0.39 is 0 Å². The summed E-state index contributed by atoms with van der Waals surface area (Å²) in [6.45, 7) is 6.02. The topological polar surface area (TPSA) is 71.2 Å². The molecule has 2 aromatic carbocycles. The molecule has 3 rings (SSSR count). The summed E-state index contributed by atoms with van der Waals surface area (Å²) in [7, 11) is 0. The predicted octanol–water partition coefficient (Wildman–Crippen LogP) is 4.52. The molecule has 0 spiro atoms. The van der Waals surface area contributed by atoms with Crippen molar-refractivity contribution >= 4 is 11.7 Å². The van der Waals surface area contributed by atoms with E-state index in [0.29, 0.717) is 11.9 Å². The summed E-state index contributed by atoms with van der Waals surface area (Å²) in [6, 6.07) is 14.8. The second-order valence-electron chi connectivity index (χ2n) is 4.45. The van der Waals surface area contributed by atoms with E-state index in [1.165, 1.54) is 5.56 Å².